The number of ether oxygens (including phenoxy) is 1. The predicted octanol–water partition coefficient (Wildman–Crippen LogP) is 4.66. The standard InChI is InChI=1S/C16H16BrN3OS/c1-10-9-22-16(20-10)13(7-18)8-19-11(2)12-4-5-15(21-3)14(17)6-12/h4-6,8-9,11,13H,1-3H3/t11-,13+/m0/s1. The molecule has 6 heteroatoms. The van der Waals surface area contributed by atoms with Crippen molar-refractivity contribution in [3.8, 4) is 11.8 Å². The van der Waals surface area contributed by atoms with Crippen LogP contribution >= 0.6 is 27.3 Å². The van der Waals surface area contributed by atoms with Gasteiger partial charge in [0.05, 0.1) is 23.7 Å². The van der Waals surface area contributed by atoms with Gasteiger partial charge >= 0.3 is 0 Å². The molecule has 0 amide bonds. The third-order valence-electron chi connectivity index (χ3n) is 3.16. The van der Waals surface area contributed by atoms with Crippen LogP contribution in [0.4, 0.5) is 0 Å². The third-order valence-corrected chi connectivity index (χ3v) is 4.82. The van der Waals surface area contributed by atoms with E-state index in [0.29, 0.717) is 0 Å². The van der Waals surface area contributed by atoms with E-state index in [-0.39, 0.29) is 6.04 Å². The number of aryl methyl sites for hydroxylation is 1. The van der Waals surface area contributed by atoms with Crippen LogP contribution in [0.3, 0.4) is 0 Å². The highest BCUT2D eigenvalue weighted by Gasteiger charge is 2.13. The maximum Gasteiger partial charge on any atom is 0.133 e. The van der Waals surface area contributed by atoms with Gasteiger partial charge in [-0.2, -0.15) is 5.26 Å². The first kappa shape index (κ1) is 16.7. The van der Waals surface area contributed by atoms with Crippen molar-refractivity contribution < 1.29 is 4.74 Å². The Hall–Kier alpha value is -1.71. The lowest BCUT2D eigenvalue weighted by Gasteiger charge is -2.10. The lowest BCUT2D eigenvalue weighted by molar-refractivity contribution is 0.412. The van der Waals surface area contributed by atoms with Gasteiger partial charge in [0, 0.05) is 17.3 Å². The van der Waals surface area contributed by atoms with E-state index in [9.17, 15) is 5.26 Å². The highest BCUT2D eigenvalue weighted by molar-refractivity contribution is 9.10. The average Bonchev–Trinajstić information content (AvgIpc) is 2.94. The molecule has 1 heterocycles. The van der Waals surface area contributed by atoms with E-state index < -0.39 is 5.92 Å². The Labute approximate surface area is 142 Å². The number of rotatable bonds is 5. The molecule has 2 rings (SSSR count). The van der Waals surface area contributed by atoms with Crippen LogP contribution in [0, 0.1) is 18.3 Å². The van der Waals surface area contributed by atoms with Gasteiger partial charge < -0.3 is 4.74 Å². The highest BCUT2D eigenvalue weighted by Crippen LogP contribution is 2.29. The number of aromatic nitrogens is 1. The van der Waals surface area contributed by atoms with Crippen molar-refractivity contribution in [2.45, 2.75) is 25.8 Å². The molecule has 1 aromatic heterocycles. The smallest absolute Gasteiger partial charge is 0.133 e. The molecule has 0 saturated carbocycles. The first-order chi connectivity index (χ1) is 10.5. The fourth-order valence-corrected chi connectivity index (χ4v) is 3.27. The second-order valence-electron chi connectivity index (χ2n) is 4.80. The summed E-state index contributed by atoms with van der Waals surface area (Å²) in [6, 6.07) is 8.05. The predicted molar refractivity (Wildman–Crippen MR) is 92.8 cm³/mol. The van der Waals surface area contributed by atoms with Gasteiger partial charge in [-0.3, -0.25) is 4.99 Å². The summed E-state index contributed by atoms with van der Waals surface area (Å²) in [4.78, 5) is 8.86. The van der Waals surface area contributed by atoms with Crippen LogP contribution in [0.1, 0.15) is 35.1 Å². The van der Waals surface area contributed by atoms with E-state index in [1.54, 1.807) is 13.3 Å². The van der Waals surface area contributed by atoms with Gasteiger partial charge in [0.1, 0.15) is 16.7 Å². The van der Waals surface area contributed by atoms with Gasteiger partial charge in [0.25, 0.3) is 0 Å². The summed E-state index contributed by atoms with van der Waals surface area (Å²) in [5.74, 6) is 0.385. The Balaban J connectivity index is 2.14. The number of nitriles is 1. The van der Waals surface area contributed by atoms with Crippen molar-refractivity contribution in [1.29, 1.82) is 5.26 Å². The Morgan fingerprint density at radius 2 is 2.27 bits per heavy atom. The Kier molecular flexibility index (Phi) is 5.69. The number of nitrogens with zero attached hydrogens (tertiary/aromatic N) is 3. The Morgan fingerprint density at radius 1 is 1.50 bits per heavy atom. The SMILES string of the molecule is COc1ccc([C@H](C)N=C[C@@H](C#N)c2nc(C)cs2)cc1Br. The Bertz CT molecular complexity index is 720. The molecule has 2 atom stereocenters. The molecule has 2 aromatic rings. The van der Waals surface area contributed by atoms with E-state index in [4.69, 9.17) is 4.74 Å². The molecule has 4 nitrogen and oxygen atoms in total. The number of aliphatic imine (C=N–C) groups is 1. The largest absolute Gasteiger partial charge is 0.496 e. The van der Waals surface area contributed by atoms with Crippen molar-refractivity contribution in [2.75, 3.05) is 7.11 Å². The molecule has 1 aromatic carbocycles. The maximum atomic E-state index is 9.29. The zero-order valence-electron chi connectivity index (χ0n) is 12.6. The molecule has 0 spiro atoms. The van der Waals surface area contributed by atoms with Gasteiger partial charge in [-0.1, -0.05) is 6.07 Å². The number of hydrogen-bond acceptors (Lipinski definition) is 5. The van der Waals surface area contributed by atoms with Crippen molar-refractivity contribution in [2.24, 2.45) is 4.99 Å². The second kappa shape index (κ2) is 7.52. The molecule has 22 heavy (non-hydrogen) atoms. The molecule has 114 valence electrons. The summed E-state index contributed by atoms with van der Waals surface area (Å²) in [6.07, 6.45) is 1.68. The fourth-order valence-electron chi connectivity index (χ4n) is 1.91. The minimum Gasteiger partial charge on any atom is -0.496 e. The summed E-state index contributed by atoms with van der Waals surface area (Å²) in [5, 5.41) is 12.0. The molecule has 0 unspecified atom stereocenters. The first-order valence-electron chi connectivity index (χ1n) is 6.73. The molecule has 0 bridgehead atoms. The lowest BCUT2D eigenvalue weighted by Crippen LogP contribution is -1.99. The van der Waals surface area contributed by atoms with Crippen LogP contribution in [0.2, 0.25) is 0 Å². The molecule has 0 aliphatic heterocycles. The zero-order valence-corrected chi connectivity index (χ0v) is 15.0. The summed E-state index contributed by atoms with van der Waals surface area (Å²) in [5.41, 5.74) is 1.98. The molecule has 0 N–H and O–H groups in total. The fraction of sp³-hybridized carbons (Fsp3) is 0.312. The van der Waals surface area contributed by atoms with Crippen LogP contribution in [-0.4, -0.2) is 18.3 Å². The average molecular weight is 378 g/mol. The molecule has 0 fully saturated rings. The second-order valence-corrected chi connectivity index (χ2v) is 6.55. The molecular weight excluding hydrogens is 362 g/mol. The minimum absolute atomic E-state index is 0.0425. The van der Waals surface area contributed by atoms with Gasteiger partial charge in [-0.05, 0) is 47.5 Å². The number of hydrogen-bond donors (Lipinski definition) is 0. The van der Waals surface area contributed by atoms with E-state index in [1.165, 1.54) is 11.3 Å². The van der Waals surface area contributed by atoms with E-state index in [2.05, 4.69) is 32.0 Å². The van der Waals surface area contributed by atoms with Crippen LogP contribution in [0.25, 0.3) is 0 Å². The number of halogens is 1. The zero-order chi connectivity index (χ0) is 16.1. The molecule has 0 aliphatic carbocycles. The lowest BCUT2D eigenvalue weighted by atomic mass is 10.1. The molecule has 0 aliphatic rings. The van der Waals surface area contributed by atoms with Gasteiger partial charge in [0.15, 0.2) is 0 Å². The summed E-state index contributed by atoms with van der Waals surface area (Å²) in [7, 11) is 1.63. The minimum atomic E-state index is -0.400. The number of methoxy groups -OCH3 is 1. The highest BCUT2D eigenvalue weighted by atomic mass is 79.9. The summed E-state index contributed by atoms with van der Waals surface area (Å²) < 4.78 is 6.11. The summed E-state index contributed by atoms with van der Waals surface area (Å²) in [6.45, 7) is 3.91. The normalized spacial score (nSPS) is 13.8. The van der Waals surface area contributed by atoms with Gasteiger partial charge in [-0.15, -0.1) is 11.3 Å². The van der Waals surface area contributed by atoms with E-state index in [1.807, 2.05) is 37.4 Å². The van der Waals surface area contributed by atoms with Gasteiger partial charge in [-0.25, -0.2) is 4.98 Å². The number of benzene rings is 1. The topological polar surface area (TPSA) is 58.3 Å². The number of thiazole rings is 1. The van der Waals surface area contributed by atoms with Crippen molar-refractivity contribution in [3.05, 3.63) is 44.3 Å². The van der Waals surface area contributed by atoms with Crippen molar-refractivity contribution in [1.82, 2.24) is 4.98 Å². The van der Waals surface area contributed by atoms with E-state index >= 15 is 0 Å². The van der Waals surface area contributed by atoms with Crippen LogP contribution < -0.4 is 4.74 Å². The summed E-state index contributed by atoms with van der Waals surface area (Å²) >= 11 is 4.96. The molecule has 0 saturated heterocycles. The maximum absolute atomic E-state index is 9.29. The van der Waals surface area contributed by atoms with Crippen LogP contribution in [-0.2, 0) is 0 Å². The van der Waals surface area contributed by atoms with E-state index in [0.717, 1.165) is 26.5 Å². The van der Waals surface area contributed by atoms with Gasteiger partial charge in [0.2, 0.25) is 0 Å². The van der Waals surface area contributed by atoms with Crippen molar-refractivity contribution >= 4 is 33.5 Å². The quantitative estimate of drug-likeness (QED) is 0.711. The third kappa shape index (κ3) is 3.93. The van der Waals surface area contributed by atoms with Crippen LogP contribution in [0.5, 0.6) is 5.75 Å². The molecule has 0 radical (unpaired) electrons. The first-order valence-corrected chi connectivity index (χ1v) is 8.40. The Morgan fingerprint density at radius 3 is 2.82 bits per heavy atom. The van der Waals surface area contributed by atoms with Crippen molar-refractivity contribution in [3.63, 3.8) is 0 Å². The monoisotopic (exact) mass is 377 g/mol. The van der Waals surface area contributed by atoms with Crippen LogP contribution in [0.15, 0.2) is 33.0 Å². The molecular formula is C16H16BrN3OS.